The molecular weight excluding hydrogens is 496 g/mol. The van der Waals surface area contributed by atoms with Crippen LogP contribution in [0.5, 0.6) is 0 Å². The Morgan fingerprint density at radius 2 is 1.38 bits per heavy atom. The summed E-state index contributed by atoms with van der Waals surface area (Å²) in [6.07, 6.45) is 9.36. The summed E-state index contributed by atoms with van der Waals surface area (Å²) in [7, 11) is 0. The fraction of sp³-hybridized carbons (Fsp3) is 0.629. The van der Waals surface area contributed by atoms with Crippen LogP contribution in [0.4, 0.5) is 4.79 Å². The van der Waals surface area contributed by atoms with Crippen LogP contribution >= 0.6 is 0 Å². The molecule has 1 saturated carbocycles. The Kier molecular flexibility index (Phi) is 11.1. The van der Waals surface area contributed by atoms with Crippen molar-refractivity contribution < 1.29 is 14.3 Å². The molecule has 2 aromatic rings. The van der Waals surface area contributed by atoms with Crippen molar-refractivity contribution in [2.75, 3.05) is 6.61 Å². The molecule has 2 aliphatic rings. The van der Waals surface area contributed by atoms with Gasteiger partial charge in [-0.15, -0.1) is 0 Å². The molecule has 0 aromatic heterocycles. The Hall–Kier alpha value is -2.37. The first-order valence-corrected chi connectivity index (χ1v) is 15.6. The summed E-state index contributed by atoms with van der Waals surface area (Å²) in [5.74, 6) is 0.807. The highest BCUT2D eigenvalue weighted by atomic mass is 16.6. The van der Waals surface area contributed by atoms with Crippen LogP contribution in [0, 0.1) is 5.92 Å². The van der Waals surface area contributed by atoms with Gasteiger partial charge in [0, 0.05) is 37.8 Å². The van der Waals surface area contributed by atoms with Gasteiger partial charge in [-0.25, -0.2) is 4.79 Å². The first-order valence-electron chi connectivity index (χ1n) is 15.6. The molecule has 1 amide bonds. The second-order valence-electron chi connectivity index (χ2n) is 13.2. The van der Waals surface area contributed by atoms with Gasteiger partial charge in [-0.3, -0.25) is 4.90 Å². The smallest absolute Gasteiger partial charge is 0.410 e. The summed E-state index contributed by atoms with van der Waals surface area (Å²) in [5.41, 5.74) is 2.34. The zero-order valence-corrected chi connectivity index (χ0v) is 25.6. The topological polar surface area (TPSA) is 42.0 Å². The molecular formula is C35H52N2O3. The van der Waals surface area contributed by atoms with E-state index in [-0.39, 0.29) is 24.3 Å². The van der Waals surface area contributed by atoms with E-state index in [0.29, 0.717) is 6.04 Å². The van der Waals surface area contributed by atoms with E-state index in [9.17, 15) is 4.79 Å². The molecule has 0 bridgehead atoms. The van der Waals surface area contributed by atoms with Gasteiger partial charge in [0.2, 0.25) is 0 Å². The molecule has 40 heavy (non-hydrogen) atoms. The van der Waals surface area contributed by atoms with Crippen molar-refractivity contribution in [3.63, 3.8) is 0 Å². The van der Waals surface area contributed by atoms with E-state index in [2.05, 4.69) is 79.4 Å². The van der Waals surface area contributed by atoms with Crippen LogP contribution in [0.3, 0.4) is 0 Å². The summed E-state index contributed by atoms with van der Waals surface area (Å²) >= 11 is 0. The fourth-order valence-corrected chi connectivity index (χ4v) is 6.70. The van der Waals surface area contributed by atoms with Crippen LogP contribution in [0.1, 0.15) is 97.1 Å². The maximum atomic E-state index is 12.7. The van der Waals surface area contributed by atoms with Gasteiger partial charge in [-0.1, -0.05) is 60.7 Å². The summed E-state index contributed by atoms with van der Waals surface area (Å²) in [4.78, 5) is 17.3. The second-order valence-corrected chi connectivity index (χ2v) is 13.2. The van der Waals surface area contributed by atoms with Crippen molar-refractivity contribution in [1.82, 2.24) is 9.80 Å². The number of hydrogen-bond donors (Lipinski definition) is 0. The number of likely N-dealkylation sites (tertiary alicyclic amines) is 1. The standard InChI is InChI=1S/C35H52N2O3/c1-27-23-33(24-28(2)37(27)34(38)40-35(3,4)5)39-22-12-17-29-18-20-32(21-19-29)36(25-30-13-8-6-9-14-30)26-31-15-10-7-11-16-31/h6-11,13-16,27-29,32-33H,12,17-26H2,1-5H3/t27-,28-,29-,32-/m0/s1. The third kappa shape index (κ3) is 9.34. The lowest BCUT2D eigenvalue weighted by Gasteiger charge is -2.42. The Morgan fingerprint density at radius 1 is 0.850 bits per heavy atom. The van der Waals surface area contributed by atoms with Gasteiger partial charge in [0.05, 0.1) is 6.10 Å². The summed E-state index contributed by atoms with van der Waals surface area (Å²) in [6, 6.07) is 22.8. The Balaban J connectivity index is 1.18. The lowest BCUT2D eigenvalue weighted by molar-refractivity contribution is -0.0467. The van der Waals surface area contributed by atoms with E-state index in [1.165, 1.54) is 43.2 Å². The van der Waals surface area contributed by atoms with Gasteiger partial charge >= 0.3 is 6.09 Å². The molecule has 220 valence electrons. The maximum Gasteiger partial charge on any atom is 0.410 e. The average molecular weight is 549 g/mol. The maximum absolute atomic E-state index is 12.7. The number of carbonyl (C=O) groups excluding carboxylic acids is 1. The van der Waals surface area contributed by atoms with Crippen LogP contribution in [0.15, 0.2) is 60.7 Å². The Labute approximate surface area is 243 Å². The predicted octanol–water partition coefficient (Wildman–Crippen LogP) is 8.22. The van der Waals surface area contributed by atoms with Gasteiger partial charge in [-0.2, -0.15) is 0 Å². The van der Waals surface area contributed by atoms with Crippen molar-refractivity contribution in [2.45, 2.75) is 129 Å². The number of rotatable bonds is 10. The van der Waals surface area contributed by atoms with Gasteiger partial charge < -0.3 is 14.4 Å². The van der Waals surface area contributed by atoms with E-state index < -0.39 is 5.60 Å². The summed E-state index contributed by atoms with van der Waals surface area (Å²) < 4.78 is 12.0. The molecule has 0 unspecified atom stereocenters. The van der Waals surface area contributed by atoms with Gasteiger partial charge in [-0.05, 0) is 103 Å². The number of amides is 1. The monoisotopic (exact) mass is 548 g/mol. The zero-order valence-electron chi connectivity index (χ0n) is 25.6. The first-order chi connectivity index (χ1) is 19.2. The number of hydrogen-bond acceptors (Lipinski definition) is 4. The number of piperidine rings is 1. The number of ether oxygens (including phenoxy) is 2. The molecule has 5 heteroatoms. The van der Waals surface area contributed by atoms with Crippen LogP contribution in [-0.4, -0.2) is 52.3 Å². The molecule has 1 saturated heterocycles. The van der Waals surface area contributed by atoms with Crippen molar-refractivity contribution in [2.24, 2.45) is 5.92 Å². The summed E-state index contributed by atoms with van der Waals surface area (Å²) in [6.45, 7) is 12.9. The van der Waals surface area contributed by atoms with Crippen molar-refractivity contribution >= 4 is 6.09 Å². The second kappa shape index (κ2) is 14.5. The van der Waals surface area contributed by atoms with Crippen LogP contribution < -0.4 is 0 Å². The zero-order chi connectivity index (χ0) is 28.5. The predicted molar refractivity (Wildman–Crippen MR) is 163 cm³/mol. The average Bonchev–Trinajstić information content (AvgIpc) is 2.91. The molecule has 2 atom stereocenters. The van der Waals surface area contributed by atoms with Crippen molar-refractivity contribution in [3.05, 3.63) is 71.8 Å². The number of nitrogens with zero attached hydrogens (tertiary/aromatic N) is 2. The minimum Gasteiger partial charge on any atom is -0.444 e. The Morgan fingerprint density at radius 3 is 1.88 bits per heavy atom. The molecule has 1 aliphatic carbocycles. The molecule has 2 aromatic carbocycles. The third-order valence-electron chi connectivity index (χ3n) is 8.66. The third-order valence-corrected chi connectivity index (χ3v) is 8.66. The number of benzene rings is 2. The van der Waals surface area contributed by atoms with E-state index in [4.69, 9.17) is 9.47 Å². The lowest BCUT2D eigenvalue weighted by Crippen LogP contribution is -2.53. The van der Waals surface area contributed by atoms with E-state index in [0.717, 1.165) is 44.9 Å². The SMILES string of the molecule is C[C@H]1CC(OCCC[C@H]2CC[C@H](N(Cc3ccccc3)Cc3ccccc3)CC2)C[C@H](C)N1C(=O)OC(C)(C)C. The molecule has 0 spiro atoms. The van der Waals surface area contributed by atoms with Crippen molar-refractivity contribution in [1.29, 1.82) is 0 Å². The fourth-order valence-electron chi connectivity index (χ4n) is 6.70. The van der Waals surface area contributed by atoms with Crippen LogP contribution in [-0.2, 0) is 22.6 Å². The Bertz CT molecular complexity index is 960. The largest absolute Gasteiger partial charge is 0.444 e. The van der Waals surface area contributed by atoms with Gasteiger partial charge in [0.15, 0.2) is 0 Å². The minimum atomic E-state index is -0.467. The van der Waals surface area contributed by atoms with Crippen LogP contribution in [0.25, 0.3) is 0 Å². The number of carbonyl (C=O) groups is 1. The van der Waals surface area contributed by atoms with E-state index >= 15 is 0 Å². The molecule has 4 rings (SSSR count). The highest BCUT2D eigenvalue weighted by Gasteiger charge is 2.36. The molecule has 2 fully saturated rings. The molecule has 1 aliphatic heterocycles. The molecule has 5 nitrogen and oxygen atoms in total. The van der Waals surface area contributed by atoms with Gasteiger partial charge in [0.25, 0.3) is 0 Å². The highest BCUT2D eigenvalue weighted by molar-refractivity contribution is 5.69. The molecule has 0 N–H and O–H groups in total. The minimum absolute atomic E-state index is 0.133. The summed E-state index contributed by atoms with van der Waals surface area (Å²) in [5, 5.41) is 0. The normalized spacial score (nSPS) is 25.6. The highest BCUT2D eigenvalue weighted by Crippen LogP contribution is 2.33. The van der Waals surface area contributed by atoms with Crippen molar-refractivity contribution in [3.8, 4) is 0 Å². The quantitative estimate of drug-likeness (QED) is 0.281. The van der Waals surface area contributed by atoms with Crippen LogP contribution in [0.2, 0.25) is 0 Å². The molecule has 0 radical (unpaired) electrons. The molecule has 1 heterocycles. The lowest BCUT2D eigenvalue weighted by atomic mass is 9.82. The van der Waals surface area contributed by atoms with Gasteiger partial charge in [0.1, 0.15) is 5.60 Å². The first kappa shape index (κ1) is 30.6. The van der Waals surface area contributed by atoms with E-state index in [1.807, 2.05) is 25.7 Å². The van der Waals surface area contributed by atoms with E-state index in [1.54, 1.807) is 0 Å².